The molecule has 2 N–H and O–H groups in total. The molecule has 1 aromatic heterocycles. The van der Waals surface area contributed by atoms with Crippen molar-refractivity contribution in [2.24, 2.45) is 0 Å². The third-order valence-corrected chi connectivity index (χ3v) is 3.69. The molecule has 7 nitrogen and oxygen atoms in total. The molecule has 27 heavy (non-hydrogen) atoms. The largest absolute Gasteiger partial charge is 0.491 e. The first-order valence-corrected chi connectivity index (χ1v) is 8.76. The second kappa shape index (κ2) is 8.66. The van der Waals surface area contributed by atoms with Gasteiger partial charge in [-0.25, -0.2) is 4.68 Å². The highest BCUT2D eigenvalue weighted by molar-refractivity contribution is 5.60. The minimum atomic E-state index is -0.532. The average molecular weight is 369 g/mol. The summed E-state index contributed by atoms with van der Waals surface area (Å²) < 4.78 is 12.7. The van der Waals surface area contributed by atoms with Gasteiger partial charge in [0.2, 0.25) is 0 Å². The van der Waals surface area contributed by atoms with Crippen LogP contribution in [0.25, 0.3) is 16.9 Å². The molecular weight excluding hydrogens is 346 g/mol. The predicted octanol–water partition coefficient (Wildman–Crippen LogP) is 2.45. The van der Waals surface area contributed by atoms with Gasteiger partial charge >= 0.3 is 0 Å². The third-order valence-electron chi connectivity index (χ3n) is 3.69. The zero-order chi connectivity index (χ0) is 19.2. The molecule has 2 atom stereocenters. The Labute approximate surface area is 157 Å². The molecule has 1 heterocycles. The molecule has 142 valence electrons. The zero-order valence-corrected chi connectivity index (χ0v) is 15.3. The number of aliphatic hydroxyl groups is 2. The van der Waals surface area contributed by atoms with Crippen molar-refractivity contribution < 1.29 is 19.7 Å². The van der Waals surface area contributed by atoms with Crippen LogP contribution in [0.15, 0.2) is 54.7 Å². The lowest BCUT2D eigenvalue weighted by molar-refractivity contribution is 0.122. The Kier molecular flexibility index (Phi) is 6.05. The van der Waals surface area contributed by atoms with Gasteiger partial charge in [0, 0.05) is 11.6 Å². The molecule has 7 heteroatoms. The number of hydrogen-bond acceptors (Lipinski definition) is 6. The quantitative estimate of drug-likeness (QED) is 0.634. The highest BCUT2D eigenvalue weighted by Gasteiger charge is 2.08. The van der Waals surface area contributed by atoms with E-state index in [1.165, 1.54) is 0 Å². The van der Waals surface area contributed by atoms with Gasteiger partial charge in [0.25, 0.3) is 0 Å². The van der Waals surface area contributed by atoms with E-state index in [1.807, 2.05) is 54.7 Å². The first-order chi connectivity index (χ1) is 13.0. The second-order valence-electron chi connectivity index (χ2n) is 6.39. The molecule has 0 aliphatic heterocycles. The molecule has 0 amide bonds. The van der Waals surface area contributed by atoms with Crippen LogP contribution in [-0.2, 0) is 0 Å². The van der Waals surface area contributed by atoms with Crippen molar-refractivity contribution in [1.82, 2.24) is 15.0 Å². The lowest BCUT2D eigenvalue weighted by Crippen LogP contribution is -2.12. The molecular formula is C20H23N3O4. The summed E-state index contributed by atoms with van der Waals surface area (Å²) in [7, 11) is 0. The maximum Gasteiger partial charge on any atom is 0.121 e. The van der Waals surface area contributed by atoms with Crippen LogP contribution in [0.1, 0.15) is 13.8 Å². The van der Waals surface area contributed by atoms with Crippen LogP contribution < -0.4 is 9.47 Å². The van der Waals surface area contributed by atoms with E-state index in [0.29, 0.717) is 17.2 Å². The number of benzene rings is 2. The van der Waals surface area contributed by atoms with E-state index in [4.69, 9.17) is 9.47 Å². The van der Waals surface area contributed by atoms with Crippen LogP contribution in [0.3, 0.4) is 0 Å². The zero-order valence-electron chi connectivity index (χ0n) is 15.3. The second-order valence-corrected chi connectivity index (χ2v) is 6.39. The first kappa shape index (κ1) is 18.9. The van der Waals surface area contributed by atoms with E-state index in [2.05, 4.69) is 10.3 Å². The number of aromatic nitrogens is 3. The van der Waals surface area contributed by atoms with E-state index < -0.39 is 12.2 Å². The van der Waals surface area contributed by atoms with Gasteiger partial charge in [-0.1, -0.05) is 23.4 Å². The number of rotatable bonds is 8. The molecule has 3 aromatic rings. The number of aliphatic hydroxyl groups excluding tert-OH is 2. The van der Waals surface area contributed by atoms with Crippen LogP contribution >= 0.6 is 0 Å². The minimum Gasteiger partial charge on any atom is -0.491 e. The molecule has 2 aromatic carbocycles. The summed E-state index contributed by atoms with van der Waals surface area (Å²) in [5.41, 5.74) is 2.37. The Balaban J connectivity index is 1.77. The highest BCUT2D eigenvalue weighted by atomic mass is 16.5. The maximum absolute atomic E-state index is 9.35. The van der Waals surface area contributed by atoms with Crippen LogP contribution in [0.2, 0.25) is 0 Å². The molecule has 0 radical (unpaired) electrons. The highest BCUT2D eigenvalue weighted by Crippen LogP contribution is 2.23. The van der Waals surface area contributed by atoms with Gasteiger partial charge in [0.05, 0.1) is 24.1 Å². The van der Waals surface area contributed by atoms with Crippen LogP contribution in [-0.4, -0.2) is 50.6 Å². The summed E-state index contributed by atoms with van der Waals surface area (Å²) in [5.74, 6) is 1.32. The molecule has 0 aliphatic rings. The summed E-state index contributed by atoms with van der Waals surface area (Å²) in [6.07, 6.45) is 0.759. The Morgan fingerprint density at radius 1 is 0.926 bits per heavy atom. The summed E-state index contributed by atoms with van der Waals surface area (Å²) >= 11 is 0. The molecule has 0 fully saturated rings. The Morgan fingerprint density at radius 2 is 1.56 bits per heavy atom. The van der Waals surface area contributed by atoms with Crippen LogP contribution in [0.4, 0.5) is 0 Å². The SMILES string of the molecule is CC(O)COc1cccc(-c2cn(-c3cccc(OCC(C)O)c3)nn2)c1. The molecule has 0 bridgehead atoms. The van der Waals surface area contributed by atoms with Crippen LogP contribution in [0.5, 0.6) is 11.5 Å². The van der Waals surface area contributed by atoms with E-state index in [9.17, 15) is 10.2 Å². The van der Waals surface area contributed by atoms with E-state index in [-0.39, 0.29) is 13.2 Å². The van der Waals surface area contributed by atoms with Gasteiger partial charge in [0.15, 0.2) is 0 Å². The summed E-state index contributed by atoms with van der Waals surface area (Å²) in [5, 5.41) is 27.1. The molecule has 0 spiro atoms. The molecule has 0 saturated heterocycles. The van der Waals surface area contributed by atoms with E-state index in [1.54, 1.807) is 18.5 Å². The van der Waals surface area contributed by atoms with Gasteiger partial charge in [-0.15, -0.1) is 5.10 Å². The summed E-state index contributed by atoms with van der Waals surface area (Å²) in [6, 6.07) is 14.9. The normalized spacial score (nSPS) is 13.2. The van der Waals surface area contributed by atoms with E-state index >= 15 is 0 Å². The van der Waals surface area contributed by atoms with Crippen LogP contribution in [0, 0.1) is 0 Å². The summed E-state index contributed by atoms with van der Waals surface area (Å²) in [6.45, 7) is 3.81. The van der Waals surface area contributed by atoms with Gasteiger partial charge in [0.1, 0.15) is 30.4 Å². The van der Waals surface area contributed by atoms with Crippen molar-refractivity contribution in [2.75, 3.05) is 13.2 Å². The van der Waals surface area contributed by atoms with Gasteiger partial charge in [-0.05, 0) is 38.1 Å². The maximum atomic E-state index is 9.35. The van der Waals surface area contributed by atoms with Crippen molar-refractivity contribution in [3.63, 3.8) is 0 Å². The Morgan fingerprint density at radius 3 is 2.22 bits per heavy atom. The minimum absolute atomic E-state index is 0.227. The topological polar surface area (TPSA) is 89.6 Å². The molecule has 3 rings (SSSR count). The smallest absolute Gasteiger partial charge is 0.121 e. The first-order valence-electron chi connectivity index (χ1n) is 8.76. The lowest BCUT2D eigenvalue weighted by Gasteiger charge is -2.09. The fraction of sp³-hybridized carbons (Fsp3) is 0.300. The third kappa shape index (κ3) is 5.29. The fourth-order valence-corrected chi connectivity index (χ4v) is 2.42. The van der Waals surface area contributed by atoms with Gasteiger partial charge in [-0.2, -0.15) is 0 Å². The standard InChI is InChI=1S/C20H23N3O4/c1-14(24)12-26-18-7-3-5-16(9-18)20-11-23(22-21-20)17-6-4-8-19(10-17)27-13-15(2)25/h3-11,14-15,24-25H,12-13H2,1-2H3. The average Bonchev–Trinajstić information content (AvgIpc) is 3.15. The predicted molar refractivity (Wildman–Crippen MR) is 101 cm³/mol. The van der Waals surface area contributed by atoms with Crippen molar-refractivity contribution in [1.29, 1.82) is 0 Å². The Bertz CT molecular complexity index is 807. The fourth-order valence-electron chi connectivity index (χ4n) is 2.42. The van der Waals surface area contributed by atoms with Crippen molar-refractivity contribution in [2.45, 2.75) is 26.1 Å². The molecule has 0 saturated carbocycles. The van der Waals surface area contributed by atoms with Crippen molar-refractivity contribution >= 4 is 0 Å². The van der Waals surface area contributed by atoms with Crippen molar-refractivity contribution in [3.8, 4) is 28.4 Å². The number of hydrogen-bond donors (Lipinski definition) is 2. The number of nitrogens with zero attached hydrogens (tertiary/aromatic N) is 3. The molecule has 0 aliphatic carbocycles. The monoisotopic (exact) mass is 369 g/mol. The van der Waals surface area contributed by atoms with Crippen molar-refractivity contribution in [3.05, 3.63) is 54.7 Å². The van der Waals surface area contributed by atoms with Gasteiger partial charge < -0.3 is 19.7 Å². The Hall–Kier alpha value is -2.90. The summed E-state index contributed by atoms with van der Waals surface area (Å²) in [4.78, 5) is 0. The van der Waals surface area contributed by atoms with E-state index in [0.717, 1.165) is 11.3 Å². The number of ether oxygens (including phenoxy) is 2. The lowest BCUT2D eigenvalue weighted by atomic mass is 10.1. The van der Waals surface area contributed by atoms with Gasteiger partial charge in [-0.3, -0.25) is 0 Å². The molecule has 2 unspecified atom stereocenters.